The number of rotatable bonds is 5. The van der Waals surface area contributed by atoms with E-state index >= 15 is 0 Å². The molecule has 5 nitrogen and oxygen atoms in total. The number of carbonyl (C=O) groups excluding carboxylic acids is 1. The Labute approximate surface area is 140 Å². The number of benzene rings is 1. The number of fused-ring (bicyclic) bond motifs is 1. The summed E-state index contributed by atoms with van der Waals surface area (Å²) in [6, 6.07) is 5.37. The normalized spacial score (nSPS) is 11.8. The molecule has 3 rings (SSSR count). The number of Topliss-reactive ketones (excluding diaryl/α,β-unsaturated/α-hetero) is 1. The minimum absolute atomic E-state index is 0.0224. The first-order valence-corrected chi connectivity index (χ1v) is 7.38. The van der Waals surface area contributed by atoms with Gasteiger partial charge in [0.2, 0.25) is 11.7 Å². The van der Waals surface area contributed by atoms with Gasteiger partial charge in [-0.2, -0.15) is 8.78 Å². The van der Waals surface area contributed by atoms with E-state index in [2.05, 4.69) is 15.3 Å². The van der Waals surface area contributed by atoms with E-state index < -0.39 is 17.3 Å². The number of ketones is 1. The van der Waals surface area contributed by atoms with E-state index in [0.717, 1.165) is 12.3 Å². The lowest BCUT2D eigenvalue weighted by Crippen LogP contribution is -2.26. The van der Waals surface area contributed by atoms with Gasteiger partial charge in [0.05, 0.1) is 17.1 Å². The topological polar surface area (TPSA) is 68.0 Å². The second kappa shape index (κ2) is 6.26. The van der Waals surface area contributed by atoms with Crippen LogP contribution in [0.5, 0.6) is 0 Å². The Balaban J connectivity index is 2.07. The van der Waals surface area contributed by atoms with E-state index in [1.807, 2.05) is 0 Å². The summed E-state index contributed by atoms with van der Waals surface area (Å²) in [5.41, 5.74) is -0.451. The van der Waals surface area contributed by atoms with Crippen LogP contribution in [0.25, 0.3) is 11.1 Å². The van der Waals surface area contributed by atoms with Crippen molar-refractivity contribution < 1.29 is 18.0 Å². The summed E-state index contributed by atoms with van der Waals surface area (Å²) >= 11 is 5.69. The molecule has 1 N–H and O–H groups in total. The molecule has 8 heteroatoms. The van der Waals surface area contributed by atoms with Crippen LogP contribution in [0.3, 0.4) is 0 Å². The van der Waals surface area contributed by atoms with Crippen molar-refractivity contribution in [2.75, 3.05) is 7.05 Å². The summed E-state index contributed by atoms with van der Waals surface area (Å²) < 4.78 is 34.6. The molecule has 2 aromatic heterocycles. The fourth-order valence-corrected chi connectivity index (χ4v) is 2.46. The predicted molar refractivity (Wildman–Crippen MR) is 84.2 cm³/mol. The van der Waals surface area contributed by atoms with E-state index in [1.165, 1.54) is 18.3 Å². The maximum atomic E-state index is 14.6. The van der Waals surface area contributed by atoms with Crippen LogP contribution < -0.4 is 5.32 Å². The fourth-order valence-electron chi connectivity index (χ4n) is 2.28. The molecule has 0 bridgehead atoms. The van der Waals surface area contributed by atoms with Gasteiger partial charge in [0.25, 0.3) is 0 Å². The zero-order chi connectivity index (χ0) is 17.3. The maximum Gasteiger partial charge on any atom is 0.336 e. The number of hydrogen-bond donors (Lipinski definition) is 1. The van der Waals surface area contributed by atoms with Crippen molar-refractivity contribution in [2.24, 2.45) is 0 Å². The largest absolute Gasteiger partial charge is 0.439 e. The third-order valence-corrected chi connectivity index (χ3v) is 3.59. The van der Waals surface area contributed by atoms with Gasteiger partial charge in [0.1, 0.15) is 5.52 Å². The monoisotopic (exact) mass is 351 g/mol. The Morgan fingerprint density at radius 2 is 2.17 bits per heavy atom. The van der Waals surface area contributed by atoms with Gasteiger partial charge in [-0.25, -0.2) is 4.98 Å². The number of aromatic nitrogens is 2. The van der Waals surface area contributed by atoms with Gasteiger partial charge in [-0.1, -0.05) is 17.7 Å². The molecule has 0 fully saturated rings. The minimum Gasteiger partial charge on any atom is -0.439 e. The maximum absolute atomic E-state index is 14.6. The van der Waals surface area contributed by atoms with Gasteiger partial charge >= 0.3 is 5.92 Å². The molecule has 0 spiro atoms. The molecule has 3 aromatic rings. The summed E-state index contributed by atoms with van der Waals surface area (Å²) in [7, 11) is 1.70. The highest BCUT2D eigenvalue weighted by atomic mass is 35.5. The lowest BCUT2D eigenvalue weighted by atomic mass is 9.99. The summed E-state index contributed by atoms with van der Waals surface area (Å²) in [5, 5.41) is 2.87. The standard InChI is InChI=1S/C16H12ClF2N3O2/c1-20-8-13-22-12-4-2-3-11(14(12)24-13)15(23)16(18,19)9-5-10(17)7-21-6-9/h2-7,20H,8H2,1H3. The van der Waals surface area contributed by atoms with Crippen molar-refractivity contribution >= 4 is 28.5 Å². The Hall–Kier alpha value is -2.38. The first kappa shape index (κ1) is 16.5. The van der Waals surface area contributed by atoms with Crippen LogP contribution in [0.4, 0.5) is 8.78 Å². The Morgan fingerprint density at radius 1 is 1.38 bits per heavy atom. The second-order valence-corrected chi connectivity index (χ2v) is 5.52. The highest BCUT2D eigenvalue weighted by Gasteiger charge is 2.43. The number of hydrogen-bond acceptors (Lipinski definition) is 5. The molecule has 0 saturated carbocycles. The molecule has 0 aliphatic heterocycles. The second-order valence-electron chi connectivity index (χ2n) is 5.09. The van der Waals surface area contributed by atoms with Crippen molar-refractivity contribution in [1.29, 1.82) is 0 Å². The molecule has 0 saturated heterocycles. The smallest absolute Gasteiger partial charge is 0.336 e. The van der Waals surface area contributed by atoms with Crippen molar-refractivity contribution in [3.05, 3.63) is 58.7 Å². The summed E-state index contributed by atoms with van der Waals surface area (Å²) in [6.45, 7) is 0.316. The highest BCUT2D eigenvalue weighted by Crippen LogP contribution is 2.35. The van der Waals surface area contributed by atoms with Gasteiger partial charge in [0.15, 0.2) is 5.58 Å². The molecular weight excluding hydrogens is 340 g/mol. The minimum atomic E-state index is -3.79. The van der Waals surface area contributed by atoms with Crippen LogP contribution >= 0.6 is 11.6 Å². The quantitative estimate of drug-likeness (QED) is 0.712. The van der Waals surface area contributed by atoms with E-state index in [0.29, 0.717) is 18.0 Å². The van der Waals surface area contributed by atoms with Crippen LogP contribution in [0.1, 0.15) is 21.8 Å². The van der Waals surface area contributed by atoms with Gasteiger partial charge in [0, 0.05) is 18.0 Å². The third kappa shape index (κ3) is 2.88. The zero-order valence-electron chi connectivity index (χ0n) is 12.5. The molecular formula is C16H12ClF2N3O2. The van der Waals surface area contributed by atoms with E-state index in [1.54, 1.807) is 13.1 Å². The first-order valence-electron chi connectivity index (χ1n) is 7.00. The molecule has 24 heavy (non-hydrogen) atoms. The van der Waals surface area contributed by atoms with Gasteiger partial charge < -0.3 is 9.73 Å². The van der Waals surface area contributed by atoms with Crippen LogP contribution in [-0.2, 0) is 12.5 Å². The van der Waals surface area contributed by atoms with Crippen LogP contribution in [0.15, 0.2) is 41.1 Å². The average molecular weight is 352 g/mol. The number of carbonyl (C=O) groups is 1. The fraction of sp³-hybridized carbons (Fsp3) is 0.188. The molecule has 0 aliphatic carbocycles. The Kier molecular flexibility index (Phi) is 4.29. The van der Waals surface area contributed by atoms with Crippen molar-refractivity contribution in [3.63, 3.8) is 0 Å². The van der Waals surface area contributed by atoms with Crippen LogP contribution in [0, 0.1) is 0 Å². The van der Waals surface area contributed by atoms with E-state index in [4.69, 9.17) is 16.0 Å². The van der Waals surface area contributed by atoms with E-state index in [-0.39, 0.29) is 16.2 Å². The van der Waals surface area contributed by atoms with Crippen LogP contribution in [0.2, 0.25) is 5.02 Å². The average Bonchev–Trinajstić information content (AvgIpc) is 2.97. The van der Waals surface area contributed by atoms with Crippen molar-refractivity contribution in [3.8, 4) is 0 Å². The third-order valence-electron chi connectivity index (χ3n) is 3.38. The van der Waals surface area contributed by atoms with Gasteiger partial charge in [-0.3, -0.25) is 9.78 Å². The molecule has 124 valence electrons. The molecule has 0 radical (unpaired) electrons. The SMILES string of the molecule is CNCc1nc2cccc(C(=O)C(F)(F)c3cncc(Cl)c3)c2o1. The number of nitrogens with zero attached hydrogens (tertiary/aromatic N) is 2. The highest BCUT2D eigenvalue weighted by molar-refractivity contribution is 6.30. The van der Waals surface area contributed by atoms with Gasteiger partial charge in [-0.05, 0) is 25.2 Å². The number of halogens is 3. The molecule has 2 heterocycles. The summed E-state index contributed by atoms with van der Waals surface area (Å²) in [5.74, 6) is -4.88. The van der Waals surface area contributed by atoms with Crippen molar-refractivity contribution in [2.45, 2.75) is 12.5 Å². The predicted octanol–water partition coefficient (Wildman–Crippen LogP) is 3.57. The van der Waals surface area contributed by atoms with E-state index in [9.17, 15) is 13.6 Å². The number of oxazole rings is 1. The Bertz CT molecular complexity index is 911. The summed E-state index contributed by atoms with van der Waals surface area (Å²) in [4.78, 5) is 20.2. The molecule has 0 amide bonds. The lowest BCUT2D eigenvalue weighted by molar-refractivity contribution is 0.00729. The molecule has 0 aliphatic rings. The van der Waals surface area contributed by atoms with Crippen LogP contribution in [-0.4, -0.2) is 22.8 Å². The number of alkyl halides is 2. The molecule has 0 atom stereocenters. The first-order chi connectivity index (χ1) is 11.4. The summed E-state index contributed by atoms with van der Waals surface area (Å²) in [6.07, 6.45) is 2.13. The number of para-hydroxylation sites is 1. The number of nitrogens with one attached hydrogen (secondary N) is 1. The zero-order valence-corrected chi connectivity index (χ0v) is 13.3. The number of pyridine rings is 1. The van der Waals surface area contributed by atoms with Gasteiger partial charge in [-0.15, -0.1) is 0 Å². The Morgan fingerprint density at radius 3 is 2.88 bits per heavy atom. The van der Waals surface area contributed by atoms with Crippen molar-refractivity contribution in [1.82, 2.24) is 15.3 Å². The molecule has 0 unspecified atom stereocenters. The molecule has 1 aromatic carbocycles. The lowest BCUT2D eigenvalue weighted by Gasteiger charge is -2.15.